The van der Waals surface area contributed by atoms with E-state index < -0.39 is 23.9 Å². The van der Waals surface area contributed by atoms with Crippen LogP contribution in [0.2, 0.25) is 0 Å². The zero-order chi connectivity index (χ0) is 30.4. The summed E-state index contributed by atoms with van der Waals surface area (Å²) in [4.78, 5) is 46.1. The van der Waals surface area contributed by atoms with E-state index in [1.54, 1.807) is 36.7 Å². The maximum atomic E-state index is 14.1. The van der Waals surface area contributed by atoms with Gasteiger partial charge >= 0.3 is 6.03 Å². The summed E-state index contributed by atoms with van der Waals surface area (Å²) in [6.45, 7) is 3.20. The van der Waals surface area contributed by atoms with Gasteiger partial charge in [-0.2, -0.15) is 0 Å². The van der Waals surface area contributed by atoms with Crippen LogP contribution in [0.25, 0.3) is 0 Å². The molecule has 43 heavy (non-hydrogen) atoms. The number of ether oxygens (including phenoxy) is 1. The van der Waals surface area contributed by atoms with Crippen molar-refractivity contribution in [2.75, 3.05) is 13.2 Å². The molecule has 9 nitrogen and oxygen atoms in total. The Kier molecular flexibility index (Phi) is 11.4. The highest BCUT2D eigenvalue weighted by atomic mass is 16.5. The van der Waals surface area contributed by atoms with E-state index in [2.05, 4.69) is 15.6 Å². The van der Waals surface area contributed by atoms with E-state index in [9.17, 15) is 14.4 Å². The van der Waals surface area contributed by atoms with Gasteiger partial charge in [0.15, 0.2) is 0 Å². The monoisotopic (exact) mass is 579 g/mol. The number of carbonyl (C=O) groups excluding carboxylic acids is 3. The molecule has 0 saturated carbocycles. The number of nitrogens with two attached hydrogens (primary N) is 1. The molecule has 0 unspecified atom stereocenters. The normalized spacial score (nSPS) is 11.3. The second kappa shape index (κ2) is 15.8. The highest BCUT2D eigenvalue weighted by molar-refractivity contribution is 6.01. The number of carbonyl (C=O) groups is 3. The smallest absolute Gasteiger partial charge is 0.324 e. The molecule has 1 aromatic heterocycles. The van der Waals surface area contributed by atoms with Crippen LogP contribution in [-0.2, 0) is 30.7 Å². The number of rotatable bonds is 13. The third-order valence-electron chi connectivity index (χ3n) is 6.90. The van der Waals surface area contributed by atoms with E-state index in [-0.39, 0.29) is 19.5 Å². The number of hydrogen-bond acceptors (Lipinski definition) is 6. The van der Waals surface area contributed by atoms with Crippen molar-refractivity contribution in [3.05, 3.63) is 131 Å². The van der Waals surface area contributed by atoms with Crippen LogP contribution in [0, 0.1) is 0 Å². The Morgan fingerprint density at radius 2 is 1.49 bits per heavy atom. The quantitative estimate of drug-likeness (QED) is 0.217. The summed E-state index contributed by atoms with van der Waals surface area (Å²) in [5.74, 6) is -0.206. The summed E-state index contributed by atoms with van der Waals surface area (Å²) in [6.07, 6.45) is 3.95. The number of hydrogen-bond donors (Lipinski definition) is 3. The molecule has 0 aliphatic heterocycles. The fourth-order valence-electron chi connectivity index (χ4n) is 4.51. The summed E-state index contributed by atoms with van der Waals surface area (Å²) in [7, 11) is 0. The fraction of sp³-hybridized carbons (Fsp3) is 0.235. The summed E-state index contributed by atoms with van der Waals surface area (Å²) in [6, 6.07) is 25.8. The average Bonchev–Trinajstić information content (AvgIpc) is 3.05. The van der Waals surface area contributed by atoms with Gasteiger partial charge in [-0.15, -0.1) is 0 Å². The minimum Gasteiger partial charge on any atom is -0.494 e. The number of aromatic nitrogens is 1. The Balaban J connectivity index is 1.58. The van der Waals surface area contributed by atoms with Crippen molar-refractivity contribution in [2.45, 2.75) is 38.9 Å². The van der Waals surface area contributed by atoms with Crippen LogP contribution in [-0.4, -0.2) is 46.9 Å². The molecule has 4 amide bonds. The summed E-state index contributed by atoms with van der Waals surface area (Å²) in [5, 5.41) is 5.75. The molecule has 1 atom stereocenters. The first kappa shape index (κ1) is 30.9. The van der Waals surface area contributed by atoms with Crippen molar-refractivity contribution >= 4 is 17.8 Å². The summed E-state index contributed by atoms with van der Waals surface area (Å²) in [5.41, 5.74) is 9.70. The van der Waals surface area contributed by atoms with Crippen LogP contribution in [0.4, 0.5) is 4.79 Å². The lowest BCUT2D eigenvalue weighted by Gasteiger charge is -2.27. The second-order valence-electron chi connectivity index (χ2n) is 9.95. The van der Waals surface area contributed by atoms with Gasteiger partial charge in [0, 0.05) is 44.0 Å². The number of benzene rings is 3. The van der Waals surface area contributed by atoms with Gasteiger partial charge in [0.05, 0.1) is 6.61 Å². The third kappa shape index (κ3) is 9.24. The van der Waals surface area contributed by atoms with Gasteiger partial charge in [-0.25, -0.2) is 4.79 Å². The minimum atomic E-state index is -1.00. The molecule has 0 spiro atoms. The fourth-order valence-corrected chi connectivity index (χ4v) is 4.51. The van der Waals surface area contributed by atoms with Gasteiger partial charge in [0.2, 0.25) is 0 Å². The van der Waals surface area contributed by atoms with Crippen LogP contribution in [0.5, 0.6) is 5.75 Å². The van der Waals surface area contributed by atoms with Gasteiger partial charge in [-0.1, -0.05) is 54.6 Å². The Bertz CT molecular complexity index is 1460. The molecule has 9 heteroatoms. The Hall–Kier alpha value is -5.02. The van der Waals surface area contributed by atoms with Crippen molar-refractivity contribution in [1.82, 2.24) is 20.5 Å². The predicted molar refractivity (Wildman–Crippen MR) is 165 cm³/mol. The molecular formula is C34H37N5O4. The first-order chi connectivity index (χ1) is 21.0. The maximum Gasteiger partial charge on any atom is 0.324 e. The molecule has 222 valence electrons. The van der Waals surface area contributed by atoms with Crippen molar-refractivity contribution in [3.63, 3.8) is 0 Å². The van der Waals surface area contributed by atoms with Gasteiger partial charge in [0.25, 0.3) is 11.8 Å². The van der Waals surface area contributed by atoms with Crippen molar-refractivity contribution in [2.24, 2.45) is 5.73 Å². The molecule has 0 fully saturated rings. The number of urea groups is 1. The van der Waals surface area contributed by atoms with Crippen LogP contribution in [0.3, 0.4) is 0 Å². The molecular weight excluding hydrogens is 542 g/mol. The summed E-state index contributed by atoms with van der Waals surface area (Å²) < 4.78 is 5.55. The van der Waals surface area contributed by atoms with Crippen LogP contribution >= 0.6 is 0 Å². The number of amides is 4. The number of imide groups is 1. The number of nitrogens with one attached hydrogen (secondary N) is 2. The van der Waals surface area contributed by atoms with Crippen LogP contribution in [0.1, 0.15) is 39.5 Å². The molecule has 0 bridgehead atoms. The predicted octanol–water partition coefficient (Wildman–Crippen LogP) is 4.26. The topological polar surface area (TPSA) is 127 Å². The zero-order valence-corrected chi connectivity index (χ0v) is 24.2. The highest BCUT2D eigenvalue weighted by Crippen LogP contribution is 2.15. The van der Waals surface area contributed by atoms with Gasteiger partial charge in [0.1, 0.15) is 11.8 Å². The Labute approximate surface area is 252 Å². The molecule has 0 radical (unpaired) electrons. The number of pyridine rings is 1. The Morgan fingerprint density at radius 1 is 0.837 bits per heavy atom. The van der Waals surface area contributed by atoms with Crippen molar-refractivity contribution < 1.29 is 19.1 Å². The average molecular weight is 580 g/mol. The lowest BCUT2D eigenvalue weighted by Crippen LogP contribution is -2.54. The van der Waals surface area contributed by atoms with E-state index in [0.717, 1.165) is 22.3 Å². The molecule has 4 N–H and O–H groups in total. The zero-order valence-electron chi connectivity index (χ0n) is 24.2. The van der Waals surface area contributed by atoms with Crippen LogP contribution in [0.15, 0.2) is 103 Å². The number of nitrogens with zero attached hydrogens (tertiary/aromatic N) is 2. The second-order valence-corrected chi connectivity index (χ2v) is 9.95. The first-order valence-electron chi connectivity index (χ1n) is 14.3. The van der Waals surface area contributed by atoms with E-state index >= 15 is 0 Å². The molecule has 4 aromatic rings. The third-order valence-corrected chi connectivity index (χ3v) is 6.90. The molecule has 4 rings (SSSR count). The summed E-state index contributed by atoms with van der Waals surface area (Å²) >= 11 is 0. The molecule has 0 saturated heterocycles. The molecule has 3 aromatic carbocycles. The highest BCUT2D eigenvalue weighted by Gasteiger charge is 2.30. The van der Waals surface area contributed by atoms with Crippen molar-refractivity contribution in [3.8, 4) is 5.75 Å². The molecule has 1 heterocycles. The lowest BCUT2D eigenvalue weighted by molar-refractivity contribution is -0.130. The van der Waals surface area contributed by atoms with Gasteiger partial charge in [-0.05, 0) is 72.0 Å². The van der Waals surface area contributed by atoms with Gasteiger partial charge in [-0.3, -0.25) is 19.5 Å². The SMILES string of the molecule is CCOc1ccc(C[C@@H](NC(=O)c2ccccc2)C(=O)N(CCc2ccncc2)C(=O)NCc2ccc(CN)cc2)cc1. The maximum absolute atomic E-state index is 14.1. The molecule has 0 aliphatic rings. The van der Waals surface area contributed by atoms with Crippen LogP contribution < -0.4 is 21.1 Å². The van der Waals surface area contributed by atoms with E-state index in [0.29, 0.717) is 30.9 Å². The minimum absolute atomic E-state index is 0.113. The lowest BCUT2D eigenvalue weighted by atomic mass is 10.0. The van der Waals surface area contributed by atoms with E-state index in [1.165, 1.54) is 4.90 Å². The standard InChI is InChI=1S/C34H37N5O4/c1-2-43-30-14-12-26(13-15-30)22-31(38-32(40)29-6-4-3-5-7-29)33(41)39(21-18-25-16-19-36-20-17-25)34(42)37-24-28-10-8-27(23-35)9-11-28/h3-17,19-20,31H,2,18,21-24,35H2,1H3,(H,37,42)(H,38,40)/t31-/m1/s1. The van der Waals surface area contributed by atoms with Crippen molar-refractivity contribution in [1.29, 1.82) is 0 Å². The van der Waals surface area contributed by atoms with E-state index in [1.807, 2.05) is 73.7 Å². The molecule has 0 aliphatic carbocycles. The van der Waals surface area contributed by atoms with Gasteiger partial charge < -0.3 is 21.1 Å². The first-order valence-corrected chi connectivity index (χ1v) is 14.3. The largest absolute Gasteiger partial charge is 0.494 e. The van der Waals surface area contributed by atoms with E-state index in [4.69, 9.17) is 10.5 Å². The Morgan fingerprint density at radius 3 is 2.14 bits per heavy atom.